The lowest BCUT2D eigenvalue weighted by molar-refractivity contribution is -0.139. The predicted molar refractivity (Wildman–Crippen MR) is 104 cm³/mol. The average Bonchev–Trinajstić information content (AvgIpc) is 2.61. The zero-order chi connectivity index (χ0) is 23.9. The van der Waals surface area contributed by atoms with Crippen molar-refractivity contribution >= 4 is 17.8 Å². The number of rotatable bonds is 10. The molecule has 0 saturated carbocycles. The van der Waals surface area contributed by atoms with Crippen molar-refractivity contribution < 1.29 is 37.1 Å². The van der Waals surface area contributed by atoms with Gasteiger partial charge in [0.05, 0.1) is 12.5 Å². The molecule has 0 radical (unpaired) electrons. The Bertz CT molecular complexity index is 814. The fourth-order valence-electron chi connectivity index (χ4n) is 2.62. The molecule has 0 bridgehead atoms. The van der Waals surface area contributed by atoms with E-state index in [1.807, 2.05) is 0 Å². The number of nitrogens with two attached hydrogens (primary N) is 1. The number of carboxylic acids is 1. The zero-order valence-electron chi connectivity index (χ0n) is 17.5. The smallest absolute Gasteiger partial charge is 0.306 e. The molecule has 1 aromatic rings. The molecule has 174 valence electrons. The zero-order valence-corrected chi connectivity index (χ0v) is 17.5. The van der Waals surface area contributed by atoms with Gasteiger partial charge in [0.2, 0.25) is 11.8 Å². The lowest BCUT2D eigenvalue weighted by atomic mass is 9.95. The molecule has 2 amide bonds. The molecule has 1 aromatic carbocycles. The van der Waals surface area contributed by atoms with Crippen LogP contribution in [0, 0.1) is 22.9 Å². The average molecular weight is 449 g/mol. The summed E-state index contributed by atoms with van der Waals surface area (Å²) in [7, 11) is 0. The van der Waals surface area contributed by atoms with E-state index in [4.69, 9.17) is 10.8 Å². The summed E-state index contributed by atoms with van der Waals surface area (Å²) in [5.74, 6) is -6.29. The number of benzene rings is 1. The van der Waals surface area contributed by atoms with Crippen molar-refractivity contribution in [3.8, 4) is 0 Å². The number of hydrogen-bond donors (Lipinski definition) is 4. The topological polar surface area (TPSA) is 122 Å². The maximum Gasteiger partial charge on any atom is 0.306 e. The van der Waals surface area contributed by atoms with Crippen LogP contribution in [0.4, 0.5) is 17.6 Å². The number of alkyl halides is 1. The lowest BCUT2D eigenvalue weighted by Crippen LogP contribution is -2.51. The second-order valence-corrected chi connectivity index (χ2v) is 8.27. The van der Waals surface area contributed by atoms with Crippen molar-refractivity contribution in [1.29, 1.82) is 0 Å². The van der Waals surface area contributed by atoms with Crippen LogP contribution in [-0.2, 0) is 20.8 Å². The molecule has 0 saturated heterocycles. The van der Waals surface area contributed by atoms with Gasteiger partial charge in [-0.15, -0.1) is 0 Å². The van der Waals surface area contributed by atoms with Crippen molar-refractivity contribution in [2.24, 2.45) is 11.1 Å². The van der Waals surface area contributed by atoms with E-state index in [1.165, 1.54) is 0 Å². The Morgan fingerprint density at radius 1 is 1.06 bits per heavy atom. The van der Waals surface area contributed by atoms with E-state index in [0.29, 0.717) is 12.1 Å². The molecular weight excluding hydrogens is 422 g/mol. The first-order chi connectivity index (χ1) is 14.2. The predicted octanol–water partition coefficient (Wildman–Crippen LogP) is 1.82. The minimum Gasteiger partial charge on any atom is -0.481 e. The summed E-state index contributed by atoms with van der Waals surface area (Å²) >= 11 is 0. The Balaban J connectivity index is 2.77. The number of aliphatic carboxylic acids is 1. The van der Waals surface area contributed by atoms with Crippen LogP contribution in [-0.4, -0.2) is 47.7 Å². The van der Waals surface area contributed by atoms with Crippen LogP contribution in [0.15, 0.2) is 12.1 Å². The Morgan fingerprint density at radius 2 is 1.65 bits per heavy atom. The standard InChI is InChI=1S/C20H27F4N3O4/c1-20(2,3)19(31)26-9-16(15(24)8-18(29)30)27-17(28)6-11(25)4-10-5-13(22)14(23)7-12(10)21/h5,7,11,15-16H,4,6,8-9,25H2,1-3H3,(H,26,31)(H,27,28)(H,29,30)/t11-,15?,16-/m1/s1. The maximum absolute atomic E-state index is 14.3. The van der Waals surface area contributed by atoms with Crippen LogP contribution in [0.3, 0.4) is 0 Å². The van der Waals surface area contributed by atoms with Gasteiger partial charge in [-0.05, 0) is 18.1 Å². The molecule has 0 aliphatic carbocycles. The van der Waals surface area contributed by atoms with Crippen LogP contribution < -0.4 is 16.4 Å². The Hall–Kier alpha value is -2.69. The number of hydrogen-bond acceptors (Lipinski definition) is 4. The SMILES string of the molecule is CC(C)(C)C(=O)NC[C@@H](NC(=O)C[C@H](N)Cc1cc(F)c(F)cc1F)C(F)CC(=O)O. The highest BCUT2D eigenvalue weighted by atomic mass is 19.2. The molecule has 0 heterocycles. The van der Waals surface area contributed by atoms with Crippen molar-refractivity contribution in [2.75, 3.05) is 6.54 Å². The van der Waals surface area contributed by atoms with E-state index in [2.05, 4.69) is 10.6 Å². The molecule has 0 fully saturated rings. The van der Waals surface area contributed by atoms with Gasteiger partial charge in [0.1, 0.15) is 12.0 Å². The summed E-state index contributed by atoms with van der Waals surface area (Å²) in [5, 5.41) is 13.5. The van der Waals surface area contributed by atoms with Gasteiger partial charge in [0.15, 0.2) is 11.6 Å². The Morgan fingerprint density at radius 3 is 2.19 bits per heavy atom. The van der Waals surface area contributed by atoms with E-state index in [1.54, 1.807) is 20.8 Å². The summed E-state index contributed by atoms with van der Waals surface area (Å²) in [5.41, 5.74) is 4.75. The molecule has 7 nitrogen and oxygen atoms in total. The Labute approximate surface area is 177 Å². The highest BCUT2D eigenvalue weighted by molar-refractivity contribution is 5.81. The molecule has 0 aromatic heterocycles. The minimum absolute atomic E-state index is 0.234. The third kappa shape index (κ3) is 8.91. The fraction of sp³-hybridized carbons (Fsp3) is 0.550. The number of carbonyl (C=O) groups excluding carboxylic acids is 2. The largest absolute Gasteiger partial charge is 0.481 e. The van der Waals surface area contributed by atoms with Crippen molar-refractivity contribution in [2.45, 2.75) is 58.3 Å². The van der Waals surface area contributed by atoms with Crippen LogP contribution in [0.1, 0.15) is 39.2 Å². The Kier molecular flexibility index (Phi) is 9.41. The van der Waals surface area contributed by atoms with E-state index in [9.17, 15) is 31.9 Å². The van der Waals surface area contributed by atoms with Crippen molar-refractivity contribution in [3.05, 3.63) is 35.1 Å². The lowest BCUT2D eigenvalue weighted by Gasteiger charge is -2.25. The summed E-state index contributed by atoms with van der Waals surface area (Å²) in [6.45, 7) is 4.51. The van der Waals surface area contributed by atoms with Crippen LogP contribution >= 0.6 is 0 Å². The maximum atomic E-state index is 14.3. The van der Waals surface area contributed by atoms with E-state index < -0.39 is 71.7 Å². The minimum atomic E-state index is -2.00. The highest BCUT2D eigenvalue weighted by Gasteiger charge is 2.29. The van der Waals surface area contributed by atoms with Crippen LogP contribution in [0.25, 0.3) is 0 Å². The van der Waals surface area contributed by atoms with Gasteiger partial charge in [-0.1, -0.05) is 20.8 Å². The normalized spacial score (nSPS) is 14.5. The van der Waals surface area contributed by atoms with Crippen molar-refractivity contribution in [1.82, 2.24) is 10.6 Å². The van der Waals surface area contributed by atoms with Crippen LogP contribution in [0.2, 0.25) is 0 Å². The van der Waals surface area contributed by atoms with Gasteiger partial charge in [-0.3, -0.25) is 14.4 Å². The van der Waals surface area contributed by atoms with Gasteiger partial charge in [0.25, 0.3) is 0 Å². The molecule has 11 heteroatoms. The molecule has 1 unspecified atom stereocenters. The van der Waals surface area contributed by atoms with E-state index in [-0.39, 0.29) is 18.5 Å². The third-order valence-corrected chi connectivity index (χ3v) is 4.34. The van der Waals surface area contributed by atoms with E-state index in [0.717, 1.165) is 0 Å². The highest BCUT2D eigenvalue weighted by Crippen LogP contribution is 2.16. The van der Waals surface area contributed by atoms with Crippen LogP contribution in [0.5, 0.6) is 0 Å². The van der Waals surface area contributed by atoms with Gasteiger partial charge < -0.3 is 21.5 Å². The summed E-state index contributed by atoms with van der Waals surface area (Å²) in [6.07, 6.45) is -3.62. The van der Waals surface area contributed by atoms with Gasteiger partial charge in [0, 0.05) is 30.5 Å². The number of nitrogens with one attached hydrogen (secondary N) is 2. The van der Waals surface area contributed by atoms with Gasteiger partial charge in [-0.2, -0.15) is 0 Å². The fourth-order valence-corrected chi connectivity index (χ4v) is 2.62. The number of carbonyl (C=O) groups is 3. The molecular formula is C20H27F4N3O4. The van der Waals surface area contributed by atoms with Crippen molar-refractivity contribution in [3.63, 3.8) is 0 Å². The van der Waals surface area contributed by atoms with E-state index >= 15 is 0 Å². The summed E-state index contributed by atoms with van der Waals surface area (Å²) in [4.78, 5) is 35.0. The molecule has 0 aliphatic heterocycles. The molecule has 1 rings (SSSR count). The number of halogens is 4. The molecule has 31 heavy (non-hydrogen) atoms. The van der Waals surface area contributed by atoms with Gasteiger partial charge in [-0.25, -0.2) is 17.6 Å². The molecule has 0 spiro atoms. The third-order valence-electron chi connectivity index (χ3n) is 4.34. The molecule has 5 N–H and O–H groups in total. The molecule has 3 atom stereocenters. The number of carboxylic acid groups (broad SMARTS) is 1. The second kappa shape index (κ2) is 11.1. The monoisotopic (exact) mass is 449 g/mol. The summed E-state index contributed by atoms with van der Waals surface area (Å²) in [6, 6.07) is -1.35. The quantitative estimate of drug-likeness (QED) is 0.321. The van der Waals surface area contributed by atoms with Gasteiger partial charge >= 0.3 is 5.97 Å². The molecule has 0 aliphatic rings. The first-order valence-electron chi connectivity index (χ1n) is 9.53. The number of amides is 2. The summed E-state index contributed by atoms with van der Waals surface area (Å²) < 4.78 is 54.4. The first-order valence-corrected chi connectivity index (χ1v) is 9.53. The second-order valence-electron chi connectivity index (χ2n) is 8.27. The first kappa shape index (κ1) is 26.3.